The Morgan fingerprint density at radius 2 is 1.79 bits per heavy atom. The minimum atomic E-state index is -1.13. The average Bonchev–Trinajstić information content (AvgIpc) is 3.02. The number of aromatic carboxylic acids is 1. The first-order valence-corrected chi connectivity index (χ1v) is 8.17. The molecule has 1 aliphatic carbocycles. The van der Waals surface area contributed by atoms with Crippen LogP contribution in [0.4, 0.5) is 0 Å². The van der Waals surface area contributed by atoms with E-state index in [0.29, 0.717) is 5.92 Å². The number of pyridine rings is 1. The zero-order valence-electron chi connectivity index (χ0n) is 13.3. The van der Waals surface area contributed by atoms with Gasteiger partial charge in [0.25, 0.3) is 5.91 Å². The van der Waals surface area contributed by atoms with Gasteiger partial charge in [-0.15, -0.1) is 0 Å². The fraction of sp³-hybridized carbons (Fsp3) is 0.316. The fourth-order valence-corrected chi connectivity index (χ4v) is 3.28. The van der Waals surface area contributed by atoms with Crippen molar-refractivity contribution >= 4 is 11.9 Å². The van der Waals surface area contributed by atoms with Crippen molar-refractivity contribution in [1.82, 2.24) is 10.3 Å². The normalized spacial score (nSPS) is 19.8. The molecule has 1 saturated carbocycles. The van der Waals surface area contributed by atoms with Gasteiger partial charge in [-0.1, -0.05) is 36.4 Å². The van der Waals surface area contributed by atoms with Crippen LogP contribution in [0.3, 0.4) is 0 Å². The maximum atomic E-state index is 12.3. The van der Waals surface area contributed by atoms with Crippen molar-refractivity contribution in [3.63, 3.8) is 0 Å². The molecular formula is C19H20N2O3. The quantitative estimate of drug-likeness (QED) is 0.886. The summed E-state index contributed by atoms with van der Waals surface area (Å²) in [6, 6.07) is 15.0. The smallest absolute Gasteiger partial charge is 0.354 e. The van der Waals surface area contributed by atoms with E-state index in [9.17, 15) is 9.59 Å². The van der Waals surface area contributed by atoms with Crippen LogP contribution in [-0.4, -0.2) is 28.0 Å². The van der Waals surface area contributed by atoms with Gasteiger partial charge in [-0.3, -0.25) is 4.79 Å². The number of hydrogen-bond donors (Lipinski definition) is 2. The Balaban J connectivity index is 1.56. The highest BCUT2D eigenvalue weighted by molar-refractivity contribution is 5.94. The van der Waals surface area contributed by atoms with Crippen LogP contribution in [0.5, 0.6) is 0 Å². The molecule has 1 heterocycles. The number of benzene rings is 1. The van der Waals surface area contributed by atoms with E-state index in [2.05, 4.69) is 22.4 Å². The number of nitrogens with one attached hydrogen (secondary N) is 1. The van der Waals surface area contributed by atoms with E-state index in [1.54, 1.807) is 0 Å². The van der Waals surface area contributed by atoms with E-state index in [-0.39, 0.29) is 23.3 Å². The molecule has 0 spiro atoms. The van der Waals surface area contributed by atoms with Gasteiger partial charge in [0, 0.05) is 6.04 Å². The van der Waals surface area contributed by atoms with Crippen molar-refractivity contribution in [3.8, 4) is 0 Å². The van der Waals surface area contributed by atoms with Crippen LogP contribution in [0.15, 0.2) is 48.5 Å². The first-order chi connectivity index (χ1) is 11.6. The lowest BCUT2D eigenvalue weighted by atomic mass is 9.98. The van der Waals surface area contributed by atoms with Gasteiger partial charge in [0.2, 0.25) is 0 Å². The number of carboxylic acids is 1. The number of carbonyl (C=O) groups excluding carboxylic acids is 1. The zero-order chi connectivity index (χ0) is 16.9. The van der Waals surface area contributed by atoms with Gasteiger partial charge < -0.3 is 10.4 Å². The van der Waals surface area contributed by atoms with Crippen molar-refractivity contribution in [1.29, 1.82) is 0 Å². The Hall–Kier alpha value is -2.69. The number of rotatable bonds is 5. The molecule has 0 radical (unpaired) electrons. The van der Waals surface area contributed by atoms with E-state index in [4.69, 9.17) is 5.11 Å². The molecule has 0 aliphatic heterocycles. The third-order valence-electron chi connectivity index (χ3n) is 4.44. The Morgan fingerprint density at radius 1 is 1.04 bits per heavy atom. The van der Waals surface area contributed by atoms with Crippen LogP contribution in [0, 0.1) is 5.92 Å². The zero-order valence-corrected chi connectivity index (χ0v) is 13.3. The lowest BCUT2D eigenvalue weighted by Crippen LogP contribution is -2.33. The topological polar surface area (TPSA) is 79.3 Å². The van der Waals surface area contributed by atoms with Crippen molar-refractivity contribution in [2.75, 3.05) is 0 Å². The van der Waals surface area contributed by atoms with Crippen molar-refractivity contribution in [3.05, 3.63) is 65.5 Å². The summed E-state index contributed by atoms with van der Waals surface area (Å²) in [4.78, 5) is 27.1. The van der Waals surface area contributed by atoms with Crippen LogP contribution < -0.4 is 5.32 Å². The van der Waals surface area contributed by atoms with Crippen molar-refractivity contribution in [2.24, 2.45) is 5.92 Å². The van der Waals surface area contributed by atoms with Gasteiger partial charge >= 0.3 is 5.97 Å². The molecule has 1 aromatic heterocycles. The molecule has 1 fully saturated rings. The summed E-state index contributed by atoms with van der Waals surface area (Å²) in [7, 11) is 0. The maximum absolute atomic E-state index is 12.3. The van der Waals surface area contributed by atoms with Crippen LogP contribution in [0.25, 0.3) is 0 Å². The Kier molecular flexibility index (Phi) is 4.89. The molecule has 5 heteroatoms. The van der Waals surface area contributed by atoms with E-state index in [0.717, 1.165) is 25.7 Å². The third kappa shape index (κ3) is 3.98. The highest BCUT2D eigenvalue weighted by Crippen LogP contribution is 2.28. The lowest BCUT2D eigenvalue weighted by Gasteiger charge is -2.13. The Bertz CT molecular complexity index is 730. The van der Waals surface area contributed by atoms with Crippen LogP contribution in [-0.2, 0) is 6.42 Å². The number of aromatic nitrogens is 1. The summed E-state index contributed by atoms with van der Waals surface area (Å²) in [5, 5.41) is 11.9. The molecule has 0 bridgehead atoms. The van der Waals surface area contributed by atoms with Crippen molar-refractivity contribution in [2.45, 2.75) is 31.7 Å². The highest BCUT2D eigenvalue weighted by Gasteiger charge is 2.26. The number of nitrogens with zero attached hydrogens (tertiary/aromatic N) is 1. The van der Waals surface area contributed by atoms with Gasteiger partial charge in [-0.25, -0.2) is 9.78 Å². The molecule has 3 rings (SSSR count). The molecule has 1 amide bonds. The van der Waals surface area contributed by atoms with Crippen LogP contribution in [0.2, 0.25) is 0 Å². The number of carbonyl (C=O) groups is 2. The minimum Gasteiger partial charge on any atom is -0.477 e. The van der Waals surface area contributed by atoms with E-state index >= 15 is 0 Å². The van der Waals surface area contributed by atoms with Gasteiger partial charge in [0.1, 0.15) is 11.4 Å². The number of hydrogen-bond acceptors (Lipinski definition) is 3. The van der Waals surface area contributed by atoms with Crippen LogP contribution >= 0.6 is 0 Å². The molecule has 124 valence electrons. The molecule has 2 unspecified atom stereocenters. The average molecular weight is 324 g/mol. The second-order valence-electron chi connectivity index (χ2n) is 6.25. The molecule has 2 atom stereocenters. The molecule has 1 aromatic carbocycles. The lowest BCUT2D eigenvalue weighted by molar-refractivity contribution is 0.0690. The molecule has 5 nitrogen and oxygen atoms in total. The van der Waals surface area contributed by atoms with Gasteiger partial charge in [-0.2, -0.15) is 0 Å². The molecular weight excluding hydrogens is 304 g/mol. The van der Waals surface area contributed by atoms with E-state index < -0.39 is 5.97 Å². The first-order valence-electron chi connectivity index (χ1n) is 8.17. The summed E-state index contributed by atoms with van der Waals surface area (Å²) in [6.07, 6.45) is 4.00. The fourth-order valence-electron chi connectivity index (χ4n) is 3.28. The van der Waals surface area contributed by atoms with Crippen molar-refractivity contribution < 1.29 is 14.7 Å². The largest absolute Gasteiger partial charge is 0.477 e. The predicted octanol–water partition coefficient (Wildman–Crippen LogP) is 2.92. The Labute approximate surface area is 140 Å². The SMILES string of the molecule is O=C(O)c1cccc(C(=O)NC2CCC(Cc3ccccc3)C2)n1. The predicted molar refractivity (Wildman–Crippen MR) is 89.9 cm³/mol. The second kappa shape index (κ2) is 7.25. The van der Waals surface area contributed by atoms with E-state index in [1.807, 2.05) is 18.2 Å². The third-order valence-corrected chi connectivity index (χ3v) is 4.44. The molecule has 2 N–H and O–H groups in total. The summed E-state index contributed by atoms with van der Waals surface area (Å²) in [5.41, 5.74) is 1.36. The highest BCUT2D eigenvalue weighted by atomic mass is 16.4. The minimum absolute atomic E-state index is 0.115. The Morgan fingerprint density at radius 3 is 2.54 bits per heavy atom. The second-order valence-corrected chi connectivity index (χ2v) is 6.25. The molecule has 24 heavy (non-hydrogen) atoms. The summed E-state index contributed by atoms with van der Waals surface area (Å²) in [5.74, 6) is -0.868. The summed E-state index contributed by atoms with van der Waals surface area (Å²) < 4.78 is 0. The number of carboxylic acid groups (broad SMARTS) is 1. The van der Waals surface area contributed by atoms with Crippen LogP contribution in [0.1, 0.15) is 45.8 Å². The van der Waals surface area contributed by atoms with Gasteiger partial charge in [-0.05, 0) is 49.3 Å². The van der Waals surface area contributed by atoms with E-state index in [1.165, 1.54) is 23.8 Å². The summed E-state index contributed by atoms with van der Waals surface area (Å²) in [6.45, 7) is 0. The summed E-state index contributed by atoms with van der Waals surface area (Å²) >= 11 is 0. The standard InChI is InChI=1S/C19H20N2O3/c22-18(16-7-4-8-17(21-16)19(23)24)20-15-10-9-14(12-15)11-13-5-2-1-3-6-13/h1-8,14-15H,9-12H2,(H,20,22)(H,23,24). The monoisotopic (exact) mass is 324 g/mol. The number of amides is 1. The van der Waals surface area contributed by atoms with Gasteiger partial charge in [0.15, 0.2) is 0 Å². The maximum Gasteiger partial charge on any atom is 0.354 e. The van der Waals surface area contributed by atoms with Gasteiger partial charge in [0.05, 0.1) is 0 Å². The molecule has 2 aromatic rings. The first kappa shape index (κ1) is 16.2. The molecule has 1 aliphatic rings. The molecule has 0 saturated heterocycles.